The molecule has 7 nitrogen and oxygen atoms in total. The molecule has 0 spiro atoms. The first-order valence-electron chi connectivity index (χ1n) is 8.77. The number of hydrogen-bond acceptors (Lipinski definition) is 5. The zero-order valence-corrected chi connectivity index (χ0v) is 14.9. The predicted octanol–water partition coefficient (Wildman–Crippen LogP) is 4.33. The third-order valence-corrected chi connectivity index (χ3v) is 4.78. The Bertz CT molecular complexity index is 1300. The van der Waals surface area contributed by atoms with E-state index in [-0.39, 0.29) is 5.91 Å². The molecule has 0 bridgehead atoms. The lowest BCUT2D eigenvalue weighted by Crippen LogP contribution is -2.12. The summed E-state index contributed by atoms with van der Waals surface area (Å²) in [5, 5.41) is 19.7. The van der Waals surface area contributed by atoms with Crippen molar-refractivity contribution in [2.75, 3.05) is 5.32 Å². The van der Waals surface area contributed by atoms with E-state index in [1.54, 1.807) is 12.1 Å². The van der Waals surface area contributed by atoms with Gasteiger partial charge >= 0.3 is 0 Å². The number of anilines is 1. The zero-order chi connectivity index (χ0) is 19.1. The fourth-order valence-electron chi connectivity index (χ4n) is 3.34. The first kappa shape index (κ1) is 16.2. The van der Waals surface area contributed by atoms with Crippen molar-refractivity contribution in [2.45, 2.75) is 6.92 Å². The van der Waals surface area contributed by atoms with E-state index in [1.807, 2.05) is 55.5 Å². The minimum Gasteiger partial charge on any atom is -0.450 e. The lowest BCUT2D eigenvalue weighted by molar-refractivity contribution is 0.0998. The molecule has 0 aliphatic rings. The Labute approximate surface area is 159 Å². The lowest BCUT2D eigenvalue weighted by Gasteiger charge is -2.04. The number of carbonyl (C=O) groups is 1. The number of rotatable bonds is 3. The van der Waals surface area contributed by atoms with Crippen molar-refractivity contribution < 1.29 is 9.21 Å². The van der Waals surface area contributed by atoms with Crippen molar-refractivity contribution in [1.82, 2.24) is 20.6 Å². The van der Waals surface area contributed by atoms with Gasteiger partial charge in [-0.2, -0.15) is 5.21 Å². The van der Waals surface area contributed by atoms with Gasteiger partial charge in [0.15, 0.2) is 5.76 Å². The van der Waals surface area contributed by atoms with Gasteiger partial charge in [0.1, 0.15) is 5.58 Å². The van der Waals surface area contributed by atoms with Gasteiger partial charge in [-0.15, -0.1) is 10.2 Å². The summed E-state index contributed by atoms with van der Waals surface area (Å²) in [5.41, 5.74) is 3.01. The van der Waals surface area contributed by atoms with Crippen LogP contribution in [0.4, 0.5) is 5.69 Å². The molecule has 0 unspecified atom stereocenters. The average Bonchev–Trinajstić information content (AvgIpc) is 3.37. The molecule has 0 fully saturated rings. The standard InChI is InChI=1S/C21H15N5O2/c1-12-16-11-8-13-4-2-3-5-17(13)19(16)28-18(12)21(27)22-15-9-6-14(7-10-15)20-23-25-26-24-20/h2-11H,1H3,(H,22,27)(H,23,24,25,26). The molecule has 2 heterocycles. The van der Waals surface area contributed by atoms with Gasteiger partial charge in [-0.3, -0.25) is 4.79 Å². The fraction of sp³-hybridized carbons (Fsp3) is 0.0476. The second-order valence-electron chi connectivity index (χ2n) is 6.49. The number of carbonyl (C=O) groups excluding carboxylic acids is 1. The van der Waals surface area contributed by atoms with Gasteiger partial charge in [0.2, 0.25) is 5.82 Å². The zero-order valence-electron chi connectivity index (χ0n) is 14.9. The third kappa shape index (κ3) is 2.61. The highest BCUT2D eigenvalue weighted by atomic mass is 16.3. The van der Waals surface area contributed by atoms with E-state index in [1.165, 1.54) is 0 Å². The summed E-state index contributed by atoms with van der Waals surface area (Å²) in [7, 11) is 0. The second-order valence-corrected chi connectivity index (χ2v) is 6.49. The van der Waals surface area contributed by atoms with Crippen molar-refractivity contribution in [3.8, 4) is 11.4 Å². The maximum atomic E-state index is 12.8. The first-order chi connectivity index (χ1) is 13.7. The van der Waals surface area contributed by atoms with Crippen LogP contribution in [0.15, 0.2) is 65.1 Å². The molecule has 0 saturated carbocycles. The SMILES string of the molecule is Cc1c(C(=O)Nc2ccc(-c3nn[nH]n3)cc2)oc2c1ccc1ccccc12. The van der Waals surface area contributed by atoms with Crippen molar-refractivity contribution in [3.63, 3.8) is 0 Å². The molecule has 0 aliphatic carbocycles. The van der Waals surface area contributed by atoms with Crippen LogP contribution >= 0.6 is 0 Å². The van der Waals surface area contributed by atoms with E-state index in [0.29, 0.717) is 17.3 Å². The van der Waals surface area contributed by atoms with Crippen molar-refractivity contribution in [2.24, 2.45) is 0 Å². The number of nitrogens with zero attached hydrogens (tertiary/aromatic N) is 3. The van der Waals surface area contributed by atoms with E-state index in [4.69, 9.17) is 4.42 Å². The summed E-state index contributed by atoms with van der Waals surface area (Å²) in [5.74, 6) is 0.525. The number of nitrogens with one attached hydrogen (secondary N) is 2. The summed E-state index contributed by atoms with van der Waals surface area (Å²) in [6, 6.07) is 19.2. The number of H-pyrrole nitrogens is 1. The van der Waals surface area contributed by atoms with E-state index in [2.05, 4.69) is 25.9 Å². The normalized spacial score (nSPS) is 11.2. The smallest absolute Gasteiger partial charge is 0.291 e. The predicted molar refractivity (Wildman–Crippen MR) is 106 cm³/mol. The number of hydrogen-bond donors (Lipinski definition) is 2. The molecule has 5 aromatic rings. The number of fused-ring (bicyclic) bond motifs is 3. The fourth-order valence-corrected chi connectivity index (χ4v) is 3.34. The van der Waals surface area contributed by atoms with Crippen LogP contribution in [0.25, 0.3) is 33.1 Å². The summed E-state index contributed by atoms with van der Waals surface area (Å²) >= 11 is 0. The van der Waals surface area contributed by atoms with Gasteiger partial charge in [-0.05, 0) is 41.8 Å². The van der Waals surface area contributed by atoms with E-state index in [0.717, 1.165) is 32.9 Å². The monoisotopic (exact) mass is 369 g/mol. The Morgan fingerprint density at radius 3 is 2.61 bits per heavy atom. The minimum absolute atomic E-state index is 0.287. The Morgan fingerprint density at radius 2 is 1.82 bits per heavy atom. The van der Waals surface area contributed by atoms with Gasteiger partial charge < -0.3 is 9.73 Å². The minimum atomic E-state index is -0.287. The van der Waals surface area contributed by atoms with Crippen LogP contribution in [0.1, 0.15) is 16.1 Å². The highest BCUT2D eigenvalue weighted by molar-refractivity contribution is 6.11. The molecule has 0 aliphatic heterocycles. The molecule has 2 aromatic heterocycles. The second kappa shape index (κ2) is 6.31. The molecule has 136 valence electrons. The van der Waals surface area contributed by atoms with Gasteiger partial charge in [-0.1, -0.05) is 36.4 Å². The molecule has 28 heavy (non-hydrogen) atoms. The summed E-state index contributed by atoms with van der Waals surface area (Å²) in [6.07, 6.45) is 0. The van der Waals surface area contributed by atoms with Crippen molar-refractivity contribution in [1.29, 1.82) is 0 Å². The largest absolute Gasteiger partial charge is 0.450 e. The van der Waals surface area contributed by atoms with Crippen LogP contribution in [0.5, 0.6) is 0 Å². The first-order valence-corrected chi connectivity index (χ1v) is 8.77. The quantitative estimate of drug-likeness (QED) is 0.493. The summed E-state index contributed by atoms with van der Waals surface area (Å²) in [6.45, 7) is 1.90. The number of amides is 1. The number of tetrazole rings is 1. The van der Waals surface area contributed by atoms with Crippen molar-refractivity contribution in [3.05, 3.63) is 72.0 Å². The van der Waals surface area contributed by atoms with Crippen LogP contribution in [-0.2, 0) is 0 Å². The van der Waals surface area contributed by atoms with Crippen LogP contribution in [0.2, 0.25) is 0 Å². The number of aryl methyl sites for hydroxylation is 1. The Kier molecular flexibility index (Phi) is 3.65. The van der Waals surface area contributed by atoms with Crippen molar-refractivity contribution >= 4 is 33.3 Å². The number of aromatic nitrogens is 4. The van der Waals surface area contributed by atoms with E-state index in [9.17, 15) is 4.79 Å². The molecule has 3 aromatic carbocycles. The molecular weight excluding hydrogens is 354 g/mol. The maximum absolute atomic E-state index is 12.8. The van der Waals surface area contributed by atoms with Gasteiger partial charge in [0.25, 0.3) is 5.91 Å². The highest BCUT2D eigenvalue weighted by Gasteiger charge is 2.19. The highest BCUT2D eigenvalue weighted by Crippen LogP contribution is 2.32. The number of furan rings is 1. The topological polar surface area (TPSA) is 96.7 Å². The molecule has 2 N–H and O–H groups in total. The summed E-state index contributed by atoms with van der Waals surface area (Å²) < 4.78 is 5.98. The Hall–Kier alpha value is -4.00. The van der Waals surface area contributed by atoms with Gasteiger partial charge in [0, 0.05) is 27.6 Å². The van der Waals surface area contributed by atoms with Crippen LogP contribution in [-0.4, -0.2) is 26.5 Å². The van der Waals surface area contributed by atoms with E-state index >= 15 is 0 Å². The molecule has 5 rings (SSSR count). The molecule has 0 atom stereocenters. The number of benzene rings is 3. The third-order valence-electron chi connectivity index (χ3n) is 4.78. The Morgan fingerprint density at radius 1 is 1.00 bits per heavy atom. The van der Waals surface area contributed by atoms with Crippen LogP contribution in [0.3, 0.4) is 0 Å². The molecule has 0 radical (unpaired) electrons. The van der Waals surface area contributed by atoms with Crippen LogP contribution in [0, 0.1) is 6.92 Å². The maximum Gasteiger partial charge on any atom is 0.291 e. The summed E-state index contributed by atoms with van der Waals surface area (Å²) in [4.78, 5) is 12.8. The molecule has 1 amide bonds. The van der Waals surface area contributed by atoms with Crippen LogP contribution < -0.4 is 5.32 Å². The molecular formula is C21H15N5O2. The average molecular weight is 369 g/mol. The van der Waals surface area contributed by atoms with E-state index < -0.39 is 0 Å². The van der Waals surface area contributed by atoms with Gasteiger partial charge in [0.05, 0.1) is 0 Å². The van der Waals surface area contributed by atoms with Gasteiger partial charge in [-0.25, -0.2) is 0 Å². The molecule has 7 heteroatoms. The number of aromatic amines is 1. The Balaban J connectivity index is 1.47. The lowest BCUT2D eigenvalue weighted by atomic mass is 10.1. The molecule has 0 saturated heterocycles.